The Morgan fingerprint density at radius 3 is 2.64 bits per heavy atom. The third kappa shape index (κ3) is 4.30. The molecule has 2 aromatic heterocycles. The van der Waals surface area contributed by atoms with E-state index in [1.807, 2.05) is 78.8 Å². The first kappa shape index (κ1) is 21.8. The molecule has 1 aliphatic rings. The molecule has 2 unspecified atom stereocenters. The molecule has 2 aromatic carbocycles. The van der Waals surface area contributed by atoms with Crippen LogP contribution in [0.3, 0.4) is 0 Å². The molecule has 33 heavy (non-hydrogen) atoms. The monoisotopic (exact) mass is 475 g/mol. The standard InChI is InChI=1S/C26H25N3O2S2/c1-17-9-11-18(12-10-17)29-24(30)14-13-19(25(29)22-8-5-15-32-22)26(31)28(2)16-23-27-20-6-3-4-7-21(20)33-23/h3-12,15,19,25H,13-14,16H2,1-2H3. The highest BCUT2D eigenvalue weighted by Crippen LogP contribution is 2.42. The highest BCUT2D eigenvalue weighted by Gasteiger charge is 2.43. The number of rotatable bonds is 5. The van der Waals surface area contributed by atoms with Gasteiger partial charge in [0.1, 0.15) is 5.01 Å². The van der Waals surface area contributed by atoms with E-state index in [-0.39, 0.29) is 23.8 Å². The molecule has 2 amide bonds. The van der Waals surface area contributed by atoms with Crippen LogP contribution < -0.4 is 4.90 Å². The zero-order valence-electron chi connectivity index (χ0n) is 18.6. The number of anilines is 1. The quantitative estimate of drug-likeness (QED) is 0.366. The first-order chi connectivity index (χ1) is 16.0. The zero-order valence-corrected chi connectivity index (χ0v) is 20.2. The number of piperidine rings is 1. The summed E-state index contributed by atoms with van der Waals surface area (Å²) >= 11 is 3.22. The average Bonchev–Trinajstić information content (AvgIpc) is 3.48. The number of aryl methyl sites for hydroxylation is 1. The molecule has 1 saturated heterocycles. The molecule has 3 heterocycles. The summed E-state index contributed by atoms with van der Waals surface area (Å²) in [6.45, 7) is 2.49. The second-order valence-electron chi connectivity index (χ2n) is 8.47. The predicted molar refractivity (Wildman–Crippen MR) is 135 cm³/mol. The van der Waals surface area contributed by atoms with Crippen LogP contribution >= 0.6 is 22.7 Å². The number of amides is 2. The average molecular weight is 476 g/mol. The third-order valence-corrected chi connectivity index (χ3v) is 8.11. The number of hydrogen-bond acceptors (Lipinski definition) is 5. The lowest BCUT2D eigenvalue weighted by Gasteiger charge is -2.41. The number of thiazole rings is 1. The summed E-state index contributed by atoms with van der Waals surface area (Å²) in [6, 6.07) is 19.7. The molecule has 4 aromatic rings. The molecule has 1 aliphatic heterocycles. The van der Waals surface area contributed by atoms with E-state index >= 15 is 0 Å². The molecule has 168 valence electrons. The topological polar surface area (TPSA) is 53.5 Å². The molecule has 0 spiro atoms. The van der Waals surface area contributed by atoms with Crippen LogP contribution in [-0.4, -0.2) is 28.7 Å². The predicted octanol–water partition coefficient (Wildman–Crippen LogP) is 5.81. The van der Waals surface area contributed by atoms with Gasteiger partial charge in [0.25, 0.3) is 0 Å². The number of carbonyl (C=O) groups excluding carboxylic acids is 2. The van der Waals surface area contributed by atoms with Crippen molar-refractivity contribution in [3.63, 3.8) is 0 Å². The van der Waals surface area contributed by atoms with Gasteiger partial charge in [0.2, 0.25) is 11.8 Å². The van der Waals surface area contributed by atoms with E-state index in [1.54, 1.807) is 27.6 Å². The Kier molecular flexibility index (Phi) is 6.00. The summed E-state index contributed by atoms with van der Waals surface area (Å²) in [5.41, 5.74) is 2.94. The van der Waals surface area contributed by atoms with Gasteiger partial charge in [-0.05, 0) is 49.1 Å². The van der Waals surface area contributed by atoms with Crippen molar-refractivity contribution in [1.29, 1.82) is 0 Å². The molecule has 5 nitrogen and oxygen atoms in total. The number of thiophene rings is 1. The largest absolute Gasteiger partial charge is 0.339 e. The van der Waals surface area contributed by atoms with Crippen LogP contribution in [0.4, 0.5) is 5.69 Å². The maximum Gasteiger partial charge on any atom is 0.228 e. The Hall–Kier alpha value is -3.03. The first-order valence-electron chi connectivity index (χ1n) is 11.0. The lowest BCUT2D eigenvalue weighted by molar-refractivity contribution is -0.137. The minimum Gasteiger partial charge on any atom is -0.339 e. The van der Waals surface area contributed by atoms with Crippen molar-refractivity contribution in [3.8, 4) is 0 Å². The highest BCUT2D eigenvalue weighted by molar-refractivity contribution is 7.18. The summed E-state index contributed by atoms with van der Waals surface area (Å²) in [4.78, 5) is 36.2. The Bertz CT molecular complexity index is 1250. The molecule has 7 heteroatoms. The van der Waals surface area contributed by atoms with E-state index in [4.69, 9.17) is 4.98 Å². The third-order valence-electron chi connectivity index (χ3n) is 6.15. The minimum atomic E-state index is -0.306. The van der Waals surface area contributed by atoms with Gasteiger partial charge in [0.05, 0.1) is 28.7 Å². The van der Waals surface area contributed by atoms with Crippen LogP contribution in [0.1, 0.15) is 34.3 Å². The maximum absolute atomic E-state index is 13.7. The second-order valence-corrected chi connectivity index (χ2v) is 10.6. The number of aromatic nitrogens is 1. The Balaban J connectivity index is 1.45. The van der Waals surface area contributed by atoms with Crippen molar-refractivity contribution in [2.45, 2.75) is 32.4 Å². The van der Waals surface area contributed by atoms with Gasteiger partial charge in [0, 0.05) is 24.0 Å². The molecule has 1 fully saturated rings. The molecular formula is C26H25N3O2S2. The van der Waals surface area contributed by atoms with E-state index in [0.29, 0.717) is 19.4 Å². The van der Waals surface area contributed by atoms with Gasteiger partial charge in [-0.15, -0.1) is 22.7 Å². The number of nitrogens with zero attached hydrogens (tertiary/aromatic N) is 3. The van der Waals surface area contributed by atoms with E-state index in [2.05, 4.69) is 6.07 Å². The van der Waals surface area contributed by atoms with Gasteiger partial charge in [0.15, 0.2) is 0 Å². The van der Waals surface area contributed by atoms with Crippen LogP contribution in [0.5, 0.6) is 0 Å². The number of benzene rings is 2. The Labute approximate surface area is 201 Å². The number of para-hydroxylation sites is 1. The van der Waals surface area contributed by atoms with E-state index in [0.717, 1.165) is 31.4 Å². The number of fused-ring (bicyclic) bond motifs is 1. The lowest BCUT2D eigenvalue weighted by Crippen LogP contribution is -2.48. The van der Waals surface area contributed by atoms with Crippen molar-refractivity contribution in [2.75, 3.05) is 11.9 Å². The van der Waals surface area contributed by atoms with Crippen molar-refractivity contribution in [1.82, 2.24) is 9.88 Å². The summed E-state index contributed by atoms with van der Waals surface area (Å²) < 4.78 is 1.12. The lowest BCUT2D eigenvalue weighted by atomic mass is 9.86. The highest BCUT2D eigenvalue weighted by atomic mass is 32.1. The summed E-state index contributed by atoms with van der Waals surface area (Å²) in [5, 5.41) is 2.93. The normalized spacial score (nSPS) is 18.6. The molecule has 0 radical (unpaired) electrons. The van der Waals surface area contributed by atoms with Gasteiger partial charge in [-0.25, -0.2) is 4.98 Å². The molecule has 5 rings (SSSR count). The summed E-state index contributed by atoms with van der Waals surface area (Å²) in [7, 11) is 1.84. The van der Waals surface area contributed by atoms with Crippen molar-refractivity contribution < 1.29 is 9.59 Å². The van der Waals surface area contributed by atoms with Crippen LogP contribution in [0.25, 0.3) is 10.2 Å². The molecule has 0 N–H and O–H groups in total. The summed E-state index contributed by atoms with van der Waals surface area (Å²) in [5.74, 6) is -0.186. The van der Waals surface area contributed by atoms with Gasteiger partial charge in [-0.1, -0.05) is 35.9 Å². The molecule has 2 atom stereocenters. The fraction of sp³-hybridized carbons (Fsp3) is 0.269. The maximum atomic E-state index is 13.7. The smallest absolute Gasteiger partial charge is 0.228 e. The van der Waals surface area contributed by atoms with Gasteiger partial charge >= 0.3 is 0 Å². The molecular weight excluding hydrogens is 450 g/mol. The molecule has 0 saturated carbocycles. The van der Waals surface area contributed by atoms with Gasteiger partial charge in [-0.2, -0.15) is 0 Å². The van der Waals surface area contributed by atoms with Crippen LogP contribution in [0.15, 0.2) is 66.0 Å². The van der Waals surface area contributed by atoms with E-state index in [9.17, 15) is 9.59 Å². The van der Waals surface area contributed by atoms with Gasteiger partial charge in [-0.3, -0.25) is 9.59 Å². The first-order valence-corrected chi connectivity index (χ1v) is 12.7. The zero-order chi connectivity index (χ0) is 22.9. The number of carbonyl (C=O) groups is 2. The minimum absolute atomic E-state index is 0.0530. The van der Waals surface area contributed by atoms with Crippen LogP contribution in [-0.2, 0) is 16.1 Å². The molecule has 0 bridgehead atoms. The SMILES string of the molecule is Cc1ccc(N2C(=O)CCC(C(=O)N(C)Cc3nc4ccccc4s3)C2c2cccs2)cc1. The van der Waals surface area contributed by atoms with E-state index in [1.165, 1.54) is 0 Å². The van der Waals surface area contributed by atoms with Crippen LogP contribution in [0, 0.1) is 12.8 Å². The van der Waals surface area contributed by atoms with Crippen molar-refractivity contribution >= 4 is 50.4 Å². The van der Waals surface area contributed by atoms with Gasteiger partial charge < -0.3 is 9.80 Å². The molecule has 0 aliphatic carbocycles. The number of hydrogen-bond donors (Lipinski definition) is 0. The Morgan fingerprint density at radius 2 is 1.91 bits per heavy atom. The van der Waals surface area contributed by atoms with Crippen molar-refractivity contribution in [3.05, 3.63) is 81.5 Å². The Morgan fingerprint density at radius 1 is 1.12 bits per heavy atom. The van der Waals surface area contributed by atoms with Crippen LogP contribution in [0.2, 0.25) is 0 Å². The fourth-order valence-electron chi connectivity index (χ4n) is 4.50. The van der Waals surface area contributed by atoms with E-state index < -0.39 is 0 Å². The fourth-order valence-corrected chi connectivity index (χ4v) is 6.40. The van der Waals surface area contributed by atoms with Crippen molar-refractivity contribution in [2.24, 2.45) is 5.92 Å². The summed E-state index contributed by atoms with van der Waals surface area (Å²) in [6.07, 6.45) is 0.911. The second kappa shape index (κ2) is 9.08.